The fourth-order valence-electron chi connectivity index (χ4n) is 5.73. The number of anilines is 1. The molecule has 0 spiro atoms. The smallest absolute Gasteiger partial charge is 0.226 e. The van der Waals surface area contributed by atoms with Crippen molar-refractivity contribution in [3.8, 4) is 0 Å². The van der Waals surface area contributed by atoms with Crippen molar-refractivity contribution in [3.63, 3.8) is 0 Å². The SMILES string of the molecule is O=C(CC12CC3CC(CC(C3)C1)C2)NC(=S)Nc1ccccc1F. The lowest BCUT2D eigenvalue weighted by Crippen LogP contribution is -2.48. The third-order valence-electron chi connectivity index (χ3n) is 6.08. The number of hydrogen-bond donors (Lipinski definition) is 2. The molecule has 0 aliphatic heterocycles. The summed E-state index contributed by atoms with van der Waals surface area (Å²) in [5.74, 6) is 2.06. The Morgan fingerprint density at radius 2 is 1.71 bits per heavy atom. The lowest BCUT2D eigenvalue weighted by molar-refractivity contribution is -0.127. The average Bonchev–Trinajstić information content (AvgIpc) is 2.47. The van der Waals surface area contributed by atoms with Gasteiger partial charge in [-0.2, -0.15) is 0 Å². The van der Waals surface area contributed by atoms with Gasteiger partial charge < -0.3 is 10.6 Å². The molecule has 1 amide bonds. The topological polar surface area (TPSA) is 41.1 Å². The number of hydrogen-bond acceptors (Lipinski definition) is 2. The standard InChI is InChI=1S/C19H23FN2OS/c20-15-3-1-2-4-16(15)21-18(24)22-17(23)11-19-8-12-5-13(9-19)7-14(6-12)10-19/h1-4,12-14H,5-11H2,(H2,21,22,23,24). The van der Waals surface area contributed by atoms with Gasteiger partial charge in [-0.1, -0.05) is 12.1 Å². The molecule has 3 nitrogen and oxygen atoms in total. The molecule has 4 aliphatic rings. The maximum Gasteiger partial charge on any atom is 0.226 e. The van der Waals surface area contributed by atoms with E-state index in [0.717, 1.165) is 17.8 Å². The number of carbonyl (C=O) groups is 1. The number of carbonyl (C=O) groups excluding carboxylic acids is 1. The van der Waals surface area contributed by atoms with Crippen LogP contribution in [-0.4, -0.2) is 11.0 Å². The molecule has 0 heterocycles. The first kappa shape index (κ1) is 16.0. The molecule has 0 atom stereocenters. The van der Waals surface area contributed by atoms with Gasteiger partial charge in [0.05, 0.1) is 5.69 Å². The Kier molecular flexibility index (Phi) is 4.07. The van der Waals surface area contributed by atoms with Crippen LogP contribution in [0.3, 0.4) is 0 Å². The number of para-hydroxylation sites is 1. The molecule has 0 radical (unpaired) electrons. The fourth-order valence-corrected chi connectivity index (χ4v) is 5.96. The Morgan fingerprint density at radius 3 is 2.29 bits per heavy atom. The van der Waals surface area contributed by atoms with Crippen molar-refractivity contribution in [1.82, 2.24) is 5.32 Å². The lowest BCUT2D eigenvalue weighted by atomic mass is 9.49. The van der Waals surface area contributed by atoms with Gasteiger partial charge in [-0.25, -0.2) is 4.39 Å². The number of halogens is 1. The van der Waals surface area contributed by atoms with E-state index in [1.807, 2.05) is 0 Å². The van der Waals surface area contributed by atoms with Gasteiger partial charge >= 0.3 is 0 Å². The van der Waals surface area contributed by atoms with Crippen LogP contribution in [0, 0.1) is 29.0 Å². The Balaban J connectivity index is 1.35. The van der Waals surface area contributed by atoms with E-state index in [1.165, 1.54) is 44.6 Å². The molecule has 4 aliphatic carbocycles. The fraction of sp³-hybridized carbons (Fsp3) is 0.579. The molecule has 0 saturated heterocycles. The molecule has 1 aromatic rings. The Hall–Kier alpha value is -1.49. The minimum absolute atomic E-state index is 0.0363. The van der Waals surface area contributed by atoms with Gasteiger partial charge in [0.15, 0.2) is 5.11 Å². The van der Waals surface area contributed by atoms with Crippen LogP contribution < -0.4 is 10.6 Å². The second-order valence-corrected chi connectivity index (χ2v) is 8.48. The summed E-state index contributed by atoms with van der Waals surface area (Å²) in [5.41, 5.74) is 0.476. The zero-order chi connectivity index (χ0) is 16.7. The Labute approximate surface area is 147 Å². The van der Waals surface area contributed by atoms with Crippen molar-refractivity contribution >= 4 is 28.9 Å². The van der Waals surface area contributed by atoms with Gasteiger partial charge in [0.1, 0.15) is 5.82 Å². The molecule has 1 aromatic carbocycles. The summed E-state index contributed by atoms with van der Waals surface area (Å²) in [4.78, 5) is 12.5. The lowest BCUT2D eigenvalue weighted by Gasteiger charge is -2.56. The van der Waals surface area contributed by atoms with E-state index in [4.69, 9.17) is 12.2 Å². The normalized spacial score (nSPS) is 33.3. The predicted molar refractivity (Wildman–Crippen MR) is 96.0 cm³/mol. The van der Waals surface area contributed by atoms with E-state index in [2.05, 4.69) is 10.6 Å². The highest BCUT2D eigenvalue weighted by Gasteiger charge is 2.51. The van der Waals surface area contributed by atoms with E-state index in [9.17, 15) is 9.18 Å². The van der Waals surface area contributed by atoms with E-state index in [1.54, 1.807) is 18.2 Å². The van der Waals surface area contributed by atoms with Crippen molar-refractivity contribution < 1.29 is 9.18 Å². The van der Waals surface area contributed by atoms with Gasteiger partial charge in [-0.05, 0) is 86.0 Å². The molecule has 4 fully saturated rings. The van der Waals surface area contributed by atoms with Gasteiger partial charge in [-0.15, -0.1) is 0 Å². The zero-order valence-corrected chi connectivity index (χ0v) is 14.5. The third kappa shape index (κ3) is 3.18. The van der Waals surface area contributed by atoms with Crippen molar-refractivity contribution in [2.45, 2.75) is 44.9 Å². The molecule has 0 unspecified atom stereocenters. The quantitative estimate of drug-likeness (QED) is 0.804. The highest BCUT2D eigenvalue weighted by atomic mass is 32.1. The third-order valence-corrected chi connectivity index (χ3v) is 6.28. The molecular weight excluding hydrogens is 323 g/mol. The van der Waals surface area contributed by atoms with Crippen molar-refractivity contribution in [2.75, 3.05) is 5.32 Å². The molecule has 2 N–H and O–H groups in total. The minimum atomic E-state index is -0.379. The molecular formula is C19H23FN2OS. The molecule has 128 valence electrons. The van der Waals surface area contributed by atoms with Crippen LogP contribution in [0.25, 0.3) is 0 Å². The van der Waals surface area contributed by atoms with Crippen LogP contribution in [0.5, 0.6) is 0 Å². The number of benzene rings is 1. The number of amides is 1. The Morgan fingerprint density at radius 1 is 1.12 bits per heavy atom. The molecule has 0 aromatic heterocycles. The highest BCUT2D eigenvalue weighted by molar-refractivity contribution is 7.80. The van der Waals surface area contributed by atoms with Crippen molar-refractivity contribution in [2.24, 2.45) is 23.2 Å². The van der Waals surface area contributed by atoms with Gasteiger partial charge in [0.25, 0.3) is 0 Å². The van der Waals surface area contributed by atoms with Crippen LogP contribution >= 0.6 is 12.2 Å². The molecule has 24 heavy (non-hydrogen) atoms. The van der Waals surface area contributed by atoms with Crippen molar-refractivity contribution in [3.05, 3.63) is 30.1 Å². The van der Waals surface area contributed by atoms with Gasteiger partial charge in [0, 0.05) is 6.42 Å². The second-order valence-electron chi connectivity index (χ2n) is 8.08. The summed E-state index contributed by atoms with van der Waals surface area (Å²) in [6, 6.07) is 6.32. The molecule has 4 bridgehead atoms. The Bertz CT molecular complexity index is 640. The highest BCUT2D eigenvalue weighted by Crippen LogP contribution is 2.61. The summed E-state index contributed by atoms with van der Waals surface area (Å²) in [5, 5.41) is 5.69. The maximum absolute atomic E-state index is 13.6. The first-order valence-corrected chi connectivity index (χ1v) is 9.27. The van der Waals surface area contributed by atoms with Crippen LogP contribution in [0.2, 0.25) is 0 Å². The summed E-state index contributed by atoms with van der Waals surface area (Å²) < 4.78 is 13.6. The first-order chi connectivity index (χ1) is 11.5. The number of nitrogens with one attached hydrogen (secondary N) is 2. The van der Waals surface area contributed by atoms with E-state index in [0.29, 0.717) is 6.42 Å². The number of rotatable bonds is 3. The molecule has 5 heteroatoms. The summed E-state index contributed by atoms with van der Waals surface area (Å²) in [6.07, 6.45) is 8.24. The maximum atomic E-state index is 13.6. The molecule has 4 saturated carbocycles. The summed E-state index contributed by atoms with van der Waals surface area (Å²) in [6.45, 7) is 0. The van der Waals surface area contributed by atoms with E-state index < -0.39 is 0 Å². The largest absolute Gasteiger partial charge is 0.330 e. The summed E-state index contributed by atoms with van der Waals surface area (Å²) >= 11 is 5.17. The van der Waals surface area contributed by atoms with Crippen LogP contribution in [0.1, 0.15) is 44.9 Å². The first-order valence-electron chi connectivity index (χ1n) is 8.87. The van der Waals surface area contributed by atoms with Gasteiger partial charge in [0.2, 0.25) is 5.91 Å². The monoisotopic (exact) mass is 346 g/mol. The van der Waals surface area contributed by atoms with E-state index in [-0.39, 0.29) is 27.9 Å². The predicted octanol–water partition coefficient (Wildman–Crippen LogP) is 4.25. The van der Waals surface area contributed by atoms with Crippen LogP contribution in [-0.2, 0) is 4.79 Å². The number of thiocarbonyl (C=S) groups is 1. The van der Waals surface area contributed by atoms with Crippen molar-refractivity contribution in [1.29, 1.82) is 0 Å². The second kappa shape index (κ2) is 6.10. The minimum Gasteiger partial charge on any atom is -0.330 e. The molecule has 5 rings (SSSR count). The average molecular weight is 346 g/mol. The van der Waals surface area contributed by atoms with Gasteiger partial charge in [-0.3, -0.25) is 4.79 Å². The summed E-state index contributed by atoms with van der Waals surface area (Å²) in [7, 11) is 0. The zero-order valence-electron chi connectivity index (χ0n) is 13.7. The van der Waals surface area contributed by atoms with E-state index >= 15 is 0 Å². The van der Waals surface area contributed by atoms with Crippen LogP contribution in [0.4, 0.5) is 10.1 Å². The van der Waals surface area contributed by atoms with Crippen LogP contribution in [0.15, 0.2) is 24.3 Å².